The van der Waals surface area contributed by atoms with E-state index in [1.807, 2.05) is 30.3 Å². The van der Waals surface area contributed by atoms with Gasteiger partial charge in [0.2, 0.25) is 0 Å². The number of aliphatic hydroxyl groups excluding tert-OH is 2. The number of nitrogens with one attached hydrogen (secondary N) is 1. The fourth-order valence-corrected chi connectivity index (χ4v) is 3.99. The van der Waals surface area contributed by atoms with Gasteiger partial charge in [0.15, 0.2) is 10.9 Å². The van der Waals surface area contributed by atoms with Crippen molar-refractivity contribution in [3.05, 3.63) is 66.2 Å². The molecular weight excluding hydrogens is 460 g/mol. The lowest BCUT2D eigenvalue weighted by molar-refractivity contribution is -0.155. The van der Waals surface area contributed by atoms with Crippen molar-refractivity contribution in [1.82, 2.24) is 5.32 Å². The summed E-state index contributed by atoms with van der Waals surface area (Å²) in [5.74, 6) is -1.21. The number of carbonyl (C=O) groups is 2. The van der Waals surface area contributed by atoms with Crippen molar-refractivity contribution in [3.63, 3.8) is 0 Å². The average molecular weight is 485 g/mol. The van der Waals surface area contributed by atoms with E-state index in [-0.39, 0.29) is 10.7 Å². The largest absolute Gasteiger partial charge is 0.457 e. The summed E-state index contributed by atoms with van der Waals surface area (Å²) in [6, 6.07) is 15.9. The predicted molar refractivity (Wildman–Crippen MR) is 126 cm³/mol. The Kier molecular flexibility index (Phi) is 6.78. The maximum absolute atomic E-state index is 13.3. The van der Waals surface area contributed by atoms with E-state index < -0.39 is 42.5 Å². The summed E-state index contributed by atoms with van der Waals surface area (Å²) >= 11 is 5.24. The third-order valence-electron chi connectivity index (χ3n) is 5.24. The Hall–Kier alpha value is -3.15. The van der Waals surface area contributed by atoms with E-state index in [0.717, 1.165) is 0 Å². The highest BCUT2D eigenvalue weighted by Gasteiger charge is 2.45. The molecule has 2 fully saturated rings. The highest BCUT2D eigenvalue weighted by Crippen LogP contribution is 2.32. The minimum absolute atomic E-state index is 0.0697. The third-order valence-corrected chi connectivity index (χ3v) is 5.52. The summed E-state index contributed by atoms with van der Waals surface area (Å²) in [7, 11) is 0. The van der Waals surface area contributed by atoms with Crippen molar-refractivity contribution >= 4 is 34.8 Å². The summed E-state index contributed by atoms with van der Waals surface area (Å²) in [4.78, 5) is 27.1. The maximum Gasteiger partial charge on any atom is 0.269 e. The van der Waals surface area contributed by atoms with Gasteiger partial charge in [0.1, 0.15) is 35.4 Å². The number of ether oxygens (including phenoxy) is 3. The number of anilines is 1. The van der Waals surface area contributed by atoms with Crippen LogP contribution in [-0.2, 0) is 19.1 Å². The molecule has 2 saturated heterocycles. The number of carbonyl (C=O) groups excluding carboxylic acids is 2. The Morgan fingerprint density at radius 2 is 1.76 bits per heavy atom. The SMILES string of the molecule is CC1(C)OC([C@@H](O)CO)[C@H](/C=C2/C(=O)NC(=S)N(c3ccc(Oc4ccccc4)cc3)C2=O)O1. The molecule has 2 aliphatic heterocycles. The molecule has 0 spiro atoms. The van der Waals surface area contributed by atoms with Crippen molar-refractivity contribution in [3.8, 4) is 11.5 Å². The molecule has 2 heterocycles. The molecule has 10 heteroatoms. The number of benzene rings is 2. The van der Waals surface area contributed by atoms with E-state index in [1.54, 1.807) is 38.1 Å². The molecule has 4 rings (SSSR count). The Morgan fingerprint density at radius 3 is 2.41 bits per heavy atom. The van der Waals surface area contributed by atoms with Gasteiger partial charge in [-0.1, -0.05) is 18.2 Å². The molecule has 2 aliphatic rings. The number of hydrogen-bond acceptors (Lipinski definition) is 8. The molecule has 3 N–H and O–H groups in total. The summed E-state index contributed by atoms with van der Waals surface area (Å²) in [6.07, 6.45) is -1.89. The molecule has 0 saturated carbocycles. The smallest absolute Gasteiger partial charge is 0.269 e. The van der Waals surface area contributed by atoms with Crippen molar-refractivity contribution in [2.75, 3.05) is 11.5 Å². The van der Waals surface area contributed by atoms with E-state index >= 15 is 0 Å². The van der Waals surface area contributed by atoms with Gasteiger partial charge in [-0.2, -0.15) is 0 Å². The van der Waals surface area contributed by atoms with Crippen LogP contribution in [0.3, 0.4) is 0 Å². The molecule has 0 aliphatic carbocycles. The predicted octanol–water partition coefficient (Wildman–Crippen LogP) is 2.03. The van der Waals surface area contributed by atoms with Crippen LogP contribution in [0.4, 0.5) is 5.69 Å². The molecule has 2 aromatic carbocycles. The molecule has 2 amide bonds. The standard InChI is InChI=1S/C24H24N2O7S/c1-24(2)32-19(20(33-24)18(28)13-27)12-17-21(29)25-23(34)26(22(17)30)14-8-10-16(11-9-14)31-15-6-4-3-5-7-15/h3-12,18-20,27-28H,13H2,1-2H3,(H,25,29,34)/b17-12-/t18-,19-,20?/m0/s1. The van der Waals surface area contributed by atoms with Crippen LogP contribution in [0, 0.1) is 0 Å². The van der Waals surface area contributed by atoms with E-state index in [2.05, 4.69) is 5.32 Å². The van der Waals surface area contributed by atoms with E-state index in [0.29, 0.717) is 17.2 Å². The van der Waals surface area contributed by atoms with Crippen LogP contribution in [-0.4, -0.2) is 57.8 Å². The van der Waals surface area contributed by atoms with Crippen LogP contribution in [0.5, 0.6) is 11.5 Å². The van der Waals surface area contributed by atoms with Crippen LogP contribution in [0.1, 0.15) is 13.8 Å². The summed E-state index contributed by atoms with van der Waals surface area (Å²) in [6.45, 7) is 2.69. The zero-order valence-corrected chi connectivity index (χ0v) is 19.3. The second-order valence-electron chi connectivity index (χ2n) is 8.20. The minimum Gasteiger partial charge on any atom is -0.457 e. The first-order valence-electron chi connectivity index (χ1n) is 10.6. The molecule has 0 bridgehead atoms. The second-order valence-corrected chi connectivity index (χ2v) is 8.59. The zero-order chi connectivity index (χ0) is 24.5. The van der Waals surface area contributed by atoms with Gasteiger partial charge in [0, 0.05) is 0 Å². The average Bonchev–Trinajstić information content (AvgIpc) is 3.12. The van der Waals surface area contributed by atoms with Crippen LogP contribution in [0.2, 0.25) is 0 Å². The topological polar surface area (TPSA) is 118 Å². The molecule has 0 aromatic heterocycles. The number of para-hydroxylation sites is 1. The number of rotatable bonds is 6. The van der Waals surface area contributed by atoms with Gasteiger partial charge in [0.25, 0.3) is 11.8 Å². The lowest BCUT2D eigenvalue weighted by Gasteiger charge is -2.29. The summed E-state index contributed by atoms with van der Waals surface area (Å²) in [5.41, 5.74) is 0.205. The van der Waals surface area contributed by atoms with Gasteiger partial charge in [-0.05, 0) is 68.5 Å². The number of hydrogen-bond donors (Lipinski definition) is 3. The molecule has 9 nitrogen and oxygen atoms in total. The second kappa shape index (κ2) is 9.61. The summed E-state index contributed by atoms with van der Waals surface area (Å²) in [5, 5.41) is 21.9. The lowest BCUT2D eigenvalue weighted by Crippen LogP contribution is -2.54. The van der Waals surface area contributed by atoms with Crippen molar-refractivity contribution in [2.24, 2.45) is 0 Å². The van der Waals surface area contributed by atoms with Gasteiger partial charge >= 0.3 is 0 Å². The highest BCUT2D eigenvalue weighted by molar-refractivity contribution is 7.80. The van der Waals surface area contributed by atoms with E-state index in [1.165, 1.54) is 11.0 Å². The number of aliphatic hydroxyl groups is 2. The van der Waals surface area contributed by atoms with Crippen molar-refractivity contribution in [1.29, 1.82) is 0 Å². The van der Waals surface area contributed by atoms with Crippen molar-refractivity contribution in [2.45, 2.75) is 37.9 Å². The molecule has 3 atom stereocenters. The quantitative estimate of drug-likeness (QED) is 0.324. The third kappa shape index (κ3) is 5.01. The van der Waals surface area contributed by atoms with Gasteiger partial charge in [-0.25, -0.2) is 0 Å². The minimum atomic E-state index is -1.26. The van der Waals surface area contributed by atoms with Gasteiger partial charge in [0.05, 0.1) is 12.3 Å². The molecule has 34 heavy (non-hydrogen) atoms. The van der Waals surface area contributed by atoms with Crippen LogP contribution in [0.15, 0.2) is 66.2 Å². The molecule has 2 aromatic rings. The lowest BCUT2D eigenvalue weighted by atomic mass is 10.0. The zero-order valence-electron chi connectivity index (χ0n) is 18.5. The van der Waals surface area contributed by atoms with E-state index in [9.17, 15) is 19.8 Å². The van der Waals surface area contributed by atoms with Crippen molar-refractivity contribution < 1.29 is 34.0 Å². The molecular formula is C24H24N2O7S. The van der Waals surface area contributed by atoms with Gasteiger partial charge in [-0.3, -0.25) is 19.8 Å². The first-order valence-corrected chi connectivity index (χ1v) is 11.0. The van der Waals surface area contributed by atoms with Crippen LogP contribution >= 0.6 is 12.2 Å². The number of thiocarbonyl (C=S) groups is 1. The Bertz CT molecular complexity index is 1120. The first kappa shape index (κ1) is 24.0. The number of amides is 2. The summed E-state index contributed by atoms with van der Waals surface area (Å²) < 4.78 is 17.2. The van der Waals surface area contributed by atoms with Crippen LogP contribution in [0.25, 0.3) is 0 Å². The van der Waals surface area contributed by atoms with Gasteiger partial charge < -0.3 is 24.4 Å². The van der Waals surface area contributed by atoms with Gasteiger partial charge in [-0.15, -0.1) is 0 Å². The Morgan fingerprint density at radius 1 is 1.12 bits per heavy atom. The highest BCUT2D eigenvalue weighted by atomic mass is 32.1. The Labute approximate surface area is 201 Å². The van der Waals surface area contributed by atoms with E-state index in [4.69, 9.17) is 26.4 Å². The molecule has 0 radical (unpaired) electrons. The fourth-order valence-electron chi connectivity index (χ4n) is 3.71. The molecule has 1 unspecified atom stereocenters. The normalized spacial score (nSPS) is 24.3. The monoisotopic (exact) mass is 484 g/mol. The van der Waals surface area contributed by atoms with Crippen LogP contribution < -0.4 is 15.0 Å². The molecule has 178 valence electrons. The fraction of sp³-hybridized carbons (Fsp3) is 0.292. The number of nitrogens with zero attached hydrogens (tertiary/aromatic N) is 1. The first-order chi connectivity index (χ1) is 16.2. The maximum atomic E-state index is 13.3. The Balaban J connectivity index is 1.58.